The van der Waals surface area contributed by atoms with Crippen molar-refractivity contribution in [2.75, 3.05) is 33.3 Å². The van der Waals surface area contributed by atoms with Crippen LogP contribution >= 0.6 is 11.6 Å². The van der Waals surface area contributed by atoms with Crippen LogP contribution in [-0.2, 0) is 14.8 Å². The Balaban J connectivity index is 1.67. The molecule has 0 bridgehead atoms. The average molecular weight is 421 g/mol. The average Bonchev–Trinajstić information content (AvgIpc) is 2.73. The van der Waals surface area contributed by atoms with E-state index in [-0.39, 0.29) is 29.6 Å². The Morgan fingerprint density at radius 1 is 1.07 bits per heavy atom. The second kappa shape index (κ2) is 8.77. The molecule has 0 aliphatic carbocycles. The number of hydrogen-bond donors (Lipinski definition) is 0. The molecule has 1 aliphatic heterocycles. The van der Waals surface area contributed by atoms with Gasteiger partial charge in [-0.25, -0.2) is 8.42 Å². The number of ether oxygens (including phenoxy) is 1. The number of halogens is 1. The lowest BCUT2D eigenvalue weighted by atomic mass is 10.2. The zero-order chi connectivity index (χ0) is 20.1. The van der Waals surface area contributed by atoms with Crippen LogP contribution in [0.15, 0.2) is 59.5 Å². The van der Waals surface area contributed by atoms with Gasteiger partial charge in [0.15, 0.2) is 0 Å². The van der Waals surface area contributed by atoms with Crippen molar-refractivity contribution in [1.29, 1.82) is 0 Å². The van der Waals surface area contributed by atoms with Crippen molar-refractivity contribution in [3.63, 3.8) is 0 Å². The molecule has 148 valence electrons. The summed E-state index contributed by atoms with van der Waals surface area (Å²) in [6, 6.07) is 14.0. The van der Waals surface area contributed by atoms with Gasteiger partial charge in [0.25, 0.3) is 0 Å². The zero-order valence-corrected chi connectivity index (χ0v) is 17.0. The van der Waals surface area contributed by atoms with E-state index in [1.54, 1.807) is 17.0 Å². The summed E-state index contributed by atoms with van der Waals surface area (Å²) < 4.78 is 32.5. The maximum atomic E-state index is 13.0. The molecular formula is C20H21ClN2O4S. The second-order valence-corrected chi connectivity index (χ2v) is 8.61. The van der Waals surface area contributed by atoms with E-state index >= 15 is 0 Å². The number of sulfonamides is 1. The van der Waals surface area contributed by atoms with Gasteiger partial charge in [-0.15, -0.1) is 0 Å². The van der Waals surface area contributed by atoms with Crippen molar-refractivity contribution in [1.82, 2.24) is 9.21 Å². The number of hydrogen-bond acceptors (Lipinski definition) is 4. The summed E-state index contributed by atoms with van der Waals surface area (Å²) in [4.78, 5) is 14.0. The standard InChI is InChI=1S/C20H21ClN2O4S/c1-27-18-9-8-17(21)15-19(18)28(25,26)23-13-11-22(12-14-23)20(24)10-7-16-5-3-2-4-6-16/h2-10,15H,11-14H2,1H3. The van der Waals surface area contributed by atoms with Gasteiger partial charge in [-0.2, -0.15) is 4.31 Å². The predicted molar refractivity (Wildman–Crippen MR) is 109 cm³/mol. The first-order chi connectivity index (χ1) is 13.4. The van der Waals surface area contributed by atoms with Gasteiger partial charge >= 0.3 is 0 Å². The minimum Gasteiger partial charge on any atom is -0.495 e. The lowest BCUT2D eigenvalue weighted by molar-refractivity contribution is -0.127. The maximum absolute atomic E-state index is 13.0. The zero-order valence-electron chi connectivity index (χ0n) is 15.4. The number of amides is 1. The highest BCUT2D eigenvalue weighted by Crippen LogP contribution is 2.30. The Labute approximate surface area is 170 Å². The minimum absolute atomic E-state index is 0.0336. The highest BCUT2D eigenvalue weighted by Gasteiger charge is 2.31. The van der Waals surface area contributed by atoms with Crippen LogP contribution in [0.2, 0.25) is 5.02 Å². The lowest BCUT2D eigenvalue weighted by Gasteiger charge is -2.33. The number of methoxy groups -OCH3 is 1. The number of piperazine rings is 1. The van der Waals surface area contributed by atoms with Crippen LogP contribution in [0.25, 0.3) is 6.08 Å². The van der Waals surface area contributed by atoms with Crippen LogP contribution < -0.4 is 4.74 Å². The summed E-state index contributed by atoms with van der Waals surface area (Å²) in [6.45, 7) is 1.06. The molecule has 8 heteroatoms. The Kier molecular flexibility index (Phi) is 6.39. The molecule has 0 N–H and O–H groups in total. The smallest absolute Gasteiger partial charge is 0.246 e. The highest BCUT2D eigenvalue weighted by molar-refractivity contribution is 7.89. The van der Waals surface area contributed by atoms with E-state index in [0.717, 1.165) is 5.56 Å². The van der Waals surface area contributed by atoms with Crippen LogP contribution in [0.1, 0.15) is 5.56 Å². The Morgan fingerprint density at radius 3 is 2.39 bits per heavy atom. The summed E-state index contributed by atoms with van der Waals surface area (Å²) in [7, 11) is -2.35. The number of nitrogens with zero attached hydrogens (tertiary/aromatic N) is 2. The van der Waals surface area contributed by atoms with Gasteiger partial charge in [0.2, 0.25) is 15.9 Å². The molecule has 1 amide bonds. The molecule has 1 aliphatic rings. The number of rotatable bonds is 5. The van der Waals surface area contributed by atoms with Crippen molar-refractivity contribution in [2.24, 2.45) is 0 Å². The van der Waals surface area contributed by atoms with E-state index in [1.807, 2.05) is 30.3 Å². The SMILES string of the molecule is COc1ccc(Cl)cc1S(=O)(=O)N1CCN(C(=O)C=Cc2ccccc2)CC1. The normalized spacial score (nSPS) is 15.7. The van der Waals surface area contributed by atoms with Gasteiger partial charge in [-0.3, -0.25) is 4.79 Å². The first-order valence-corrected chi connectivity index (χ1v) is 10.6. The molecule has 0 aromatic heterocycles. The Bertz CT molecular complexity index is 969. The van der Waals surface area contributed by atoms with E-state index < -0.39 is 10.0 Å². The number of benzene rings is 2. The van der Waals surface area contributed by atoms with E-state index in [1.165, 1.54) is 29.6 Å². The van der Waals surface area contributed by atoms with E-state index in [2.05, 4.69) is 0 Å². The van der Waals surface area contributed by atoms with Crippen LogP contribution in [0.4, 0.5) is 0 Å². The predicted octanol–water partition coefficient (Wildman–Crippen LogP) is 2.89. The van der Waals surface area contributed by atoms with E-state index in [9.17, 15) is 13.2 Å². The summed E-state index contributed by atoms with van der Waals surface area (Å²) in [5, 5.41) is 0.319. The fraction of sp³-hybridized carbons (Fsp3) is 0.250. The first-order valence-electron chi connectivity index (χ1n) is 8.77. The molecule has 2 aromatic rings. The molecule has 1 fully saturated rings. The molecule has 0 saturated carbocycles. The second-order valence-electron chi connectivity index (χ2n) is 6.27. The summed E-state index contributed by atoms with van der Waals surface area (Å²) in [5.41, 5.74) is 0.935. The van der Waals surface area contributed by atoms with Crippen LogP contribution in [0.3, 0.4) is 0 Å². The minimum atomic E-state index is -3.76. The van der Waals surface area contributed by atoms with Gasteiger partial charge in [0.1, 0.15) is 10.6 Å². The van der Waals surface area contributed by atoms with Crippen LogP contribution in [0.5, 0.6) is 5.75 Å². The third kappa shape index (κ3) is 4.55. The number of carbonyl (C=O) groups is 1. The van der Waals surface area contributed by atoms with Crippen molar-refractivity contribution in [3.8, 4) is 5.75 Å². The van der Waals surface area contributed by atoms with Crippen LogP contribution in [-0.4, -0.2) is 56.8 Å². The monoisotopic (exact) mass is 420 g/mol. The molecule has 0 unspecified atom stereocenters. The Hall–Kier alpha value is -2.35. The molecule has 6 nitrogen and oxygen atoms in total. The van der Waals surface area contributed by atoms with Gasteiger partial charge < -0.3 is 9.64 Å². The summed E-state index contributed by atoms with van der Waals surface area (Å²) in [5.74, 6) is 0.106. The first kappa shape index (κ1) is 20.4. The third-order valence-electron chi connectivity index (χ3n) is 4.51. The molecule has 0 spiro atoms. The largest absolute Gasteiger partial charge is 0.495 e. The maximum Gasteiger partial charge on any atom is 0.246 e. The van der Waals surface area contributed by atoms with Crippen molar-refractivity contribution < 1.29 is 17.9 Å². The van der Waals surface area contributed by atoms with Crippen molar-refractivity contribution in [3.05, 3.63) is 65.2 Å². The molecule has 0 atom stereocenters. The molecule has 3 rings (SSSR count). The van der Waals surface area contributed by atoms with Crippen LogP contribution in [0, 0.1) is 0 Å². The van der Waals surface area contributed by atoms with E-state index in [0.29, 0.717) is 18.1 Å². The molecule has 1 heterocycles. The molecule has 28 heavy (non-hydrogen) atoms. The van der Waals surface area contributed by atoms with Gasteiger partial charge in [0.05, 0.1) is 7.11 Å². The topological polar surface area (TPSA) is 66.9 Å². The summed E-state index contributed by atoms with van der Waals surface area (Å²) in [6.07, 6.45) is 3.27. The fourth-order valence-electron chi connectivity index (χ4n) is 2.98. The van der Waals surface area contributed by atoms with Crippen molar-refractivity contribution in [2.45, 2.75) is 4.90 Å². The Morgan fingerprint density at radius 2 is 1.75 bits per heavy atom. The summed E-state index contributed by atoms with van der Waals surface area (Å²) >= 11 is 5.97. The third-order valence-corrected chi connectivity index (χ3v) is 6.67. The molecule has 2 aromatic carbocycles. The van der Waals surface area contributed by atoms with Gasteiger partial charge in [0, 0.05) is 37.3 Å². The number of carbonyl (C=O) groups excluding carboxylic acids is 1. The molecular weight excluding hydrogens is 400 g/mol. The fourth-order valence-corrected chi connectivity index (χ4v) is 4.82. The lowest BCUT2D eigenvalue weighted by Crippen LogP contribution is -2.50. The van der Waals surface area contributed by atoms with E-state index in [4.69, 9.17) is 16.3 Å². The van der Waals surface area contributed by atoms with Gasteiger partial charge in [-0.05, 0) is 29.8 Å². The molecule has 1 saturated heterocycles. The molecule has 0 radical (unpaired) electrons. The quantitative estimate of drug-likeness (QED) is 0.697. The highest BCUT2D eigenvalue weighted by atomic mass is 35.5. The van der Waals surface area contributed by atoms with Crippen molar-refractivity contribution >= 4 is 33.6 Å². The van der Waals surface area contributed by atoms with Gasteiger partial charge in [-0.1, -0.05) is 41.9 Å².